The standard InChI is InChI=1S/C9H11FN2O4S/c1-6(9(13)14)12(2)17(15,16)8-3-7(10)4-11-5-8/h3-6H,1-2H3,(H,13,14). The van der Waals surface area contributed by atoms with E-state index in [0.29, 0.717) is 4.31 Å². The minimum Gasteiger partial charge on any atom is -0.480 e. The van der Waals surface area contributed by atoms with Gasteiger partial charge < -0.3 is 5.11 Å². The van der Waals surface area contributed by atoms with Gasteiger partial charge in [0.2, 0.25) is 10.0 Å². The number of hydrogen-bond donors (Lipinski definition) is 1. The molecule has 17 heavy (non-hydrogen) atoms. The number of aliphatic carboxylic acids is 1. The molecule has 0 radical (unpaired) electrons. The molecule has 1 unspecified atom stereocenters. The van der Waals surface area contributed by atoms with E-state index in [0.717, 1.165) is 25.5 Å². The first-order chi connectivity index (χ1) is 7.76. The van der Waals surface area contributed by atoms with Gasteiger partial charge in [0.05, 0.1) is 6.20 Å². The lowest BCUT2D eigenvalue weighted by Gasteiger charge is -2.20. The van der Waals surface area contributed by atoms with Crippen molar-refractivity contribution in [2.24, 2.45) is 0 Å². The van der Waals surface area contributed by atoms with Crippen LogP contribution in [0.5, 0.6) is 0 Å². The number of likely N-dealkylation sites (N-methyl/N-ethyl adjacent to an activating group) is 1. The number of nitrogens with zero attached hydrogens (tertiary/aromatic N) is 2. The van der Waals surface area contributed by atoms with E-state index in [1.807, 2.05) is 0 Å². The van der Waals surface area contributed by atoms with Gasteiger partial charge in [-0.3, -0.25) is 9.78 Å². The molecule has 94 valence electrons. The third-order valence-electron chi connectivity index (χ3n) is 2.26. The molecule has 0 saturated carbocycles. The van der Waals surface area contributed by atoms with Crippen LogP contribution in [0, 0.1) is 5.82 Å². The van der Waals surface area contributed by atoms with Crippen molar-refractivity contribution in [3.8, 4) is 0 Å². The molecule has 0 aliphatic heterocycles. The van der Waals surface area contributed by atoms with Crippen molar-refractivity contribution in [1.29, 1.82) is 0 Å². The lowest BCUT2D eigenvalue weighted by molar-refractivity contribution is -0.140. The summed E-state index contributed by atoms with van der Waals surface area (Å²) in [6.07, 6.45) is 1.82. The Balaban J connectivity index is 3.16. The zero-order valence-corrected chi connectivity index (χ0v) is 9.98. The lowest BCUT2D eigenvalue weighted by atomic mass is 10.4. The molecule has 1 heterocycles. The average molecular weight is 262 g/mol. The maximum atomic E-state index is 12.9. The number of aromatic nitrogens is 1. The normalized spacial score (nSPS) is 13.6. The molecule has 1 atom stereocenters. The van der Waals surface area contributed by atoms with Gasteiger partial charge in [-0.15, -0.1) is 0 Å². The van der Waals surface area contributed by atoms with E-state index in [2.05, 4.69) is 4.98 Å². The number of halogens is 1. The summed E-state index contributed by atoms with van der Waals surface area (Å²) in [5.74, 6) is -2.09. The van der Waals surface area contributed by atoms with Gasteiger partial charge in [-0.1, -0.05) is 0 Å². The summed E-state index contributed by atoms with van der Waals surface area (Å²) in [5, 5.41) is 8.72. The van der Waals surface area contributed by atoms with Crippen molar-refractivity contribution < 1.29 is 22.7 Å². The van der Waals surface area contributed by atoms with E-state index < -0.39 is 27.9 Å². The van der Waals surface area contributed by atoms with Gasteiger partial charge >= 0.3 is 5.97 Å². The summed E-state index contributed by atoms with van der Waals surface area (Å²) in [6, 6.07) is -0.462. The Kier molecular flexibility index (Phi) is 3.79. The van der Waals surface area contributed by atoms with E-state index in [-0.39, 0.29) is 4.90 Å². The first-order valence-electron chi connectivity index (χ1n) is 4.58. The van der Waals surface area contributed by atoms with E-state index in [9.17, 15) is 17.6 Å². The molecule has 0 aromatic carbocycles. The molecule has 1 N–H and O–H groups in total. The minimum absolute atomic E-state index is 0.381. The summed E-state index contributed by atoms with van der Waals surface area (Å²) >= 11 is 0. The van der Waals surface area contributed by atoms with Crippen LogP contribution in [0.3, 0.4) is 0 Å². The first kappa shape index (κ1) is 13.5. The van der Waals surface area contributed by atoms with Crippen LogP contribution >= 0.6 is 0 Å². The van der Waals surface area contributed by atoms with Crippen molar-refractivity contribution in [3.05, 3.63) is 24.3 Å². The molecular weight excluding hydrogens is 251 g/mol. The predicted octanol–water partition coefficient (Wildman–Crippen LogP) is 0.314. The van der Waals surface area contributed by atoms with Crippen LogP contribution in [0.25, 0.3) is 0 Å². The number of sulfonamides is 1. The average Bonchev–Trinajstić information content (AvgIpc) is 2.26. The van der Waals surface area contributed by atoms with Gasteiger partial charge in [-0.05, 0) is 13.0 Å². The predicted molar refractivity (Wildman–Crippen MR) is 56.2 cm³/mol. The second kappa shape index (κ2) is 4.76. The zero-order chi connectivity index (χ0) is 13.2. The minimum atomic E-state index is -4.06. The number of pyridine rings is 1. The van der Waals surface area contributed by atoms with Crippen molar-refractivity contribution >= 4 is 16.0 Å². The van der Waals surface area contributed by atoms with Crippen LogP contribution in [0.1, 0.15) is 6.92 Å². The van der Waals surface area contributed by atoms with E-state index in [1.54, 1.807) is 0 Å². The molecule has 8 heteroatoms. The molecular formula is C9H11FN2O4S. The summed E-state index contributed by atoms with van der Waals surface area (Å²) in [4.78, 5) is 13.7. The number of carboxylic acid groups (broad SMARTS) is 1. The Morgan fingerprint density at radius 2 is 2.12 bits per heavy atom. The van der Waals surface area contributed by atoms with Crippen LogP contribution in [-0.4, -0.2) is 41.9 Å². The van der Waals surface area contributed by atoms with E-state index in [4.69, 9.17) is 5.11 Å². The SMILES string of the molecule is CC(C(=O)O)N(C)S(=O)(=O)c1cncc(F)c1. The fourth-order valence-corrected chi connectivity index (χ4v) is 2.36. The van der Waals surface area contributed by atoms with Gasteiger partial charge in [0.1, 0.15) is 16.8 Å². The molecule has 6 nitrogen and oxygen atoms in total. The number of hydrogen-bond acceptors (Lipinski definition) is 4. The van der Waals surface area contributed by atoms with E-state index >= 15 is 0 Å². The quantitative estimate of drug-likeness (QED) is 0.844. The second-order valence-electron chi connectivity index (χ2n) is 3.37. The highest BCUT2D eigenvalue weighted by Gasteiger charge is 2.29. The highest BCUT2D eigenvalue weighted by atomic mass is 32.2. The van der Waals surface area contributed by atoms with Crippen LogP contribution in [0.15, 0.2) is 23.4 Å². The molecule has 0 spiro atoms. The van der Waals surface area contributed by atoms with Crippen LogP contribution in [0.4, 0.5) is 4.39 Å². The number of rotatable bonds is 4. The molecule has 0 saturated heterocycles. The molecule has 0 fully saturated rings. The fourth-order valence-electron chi connectivity index (χ4n) is 1.06. The summed E-state index contributed by atoms with van der Waals surface area (Å²) in [5.41, 5.74) is 0. The molecule has 0 aliphatic rings. The van der Waals surface area contributed by atoms with E-state index in [1.165, 1.54) is 6.92 Å². The van der Waals surface area contributed by atoms with Crippen molar-refractivity contribution in [1.82, 2.24) is 9.29 Å². The molecule has 1 aromatic heterocycles. The van der Waals surface area contributed by atoms with Crippen molar-refractivity contribution in [3.63, 3.8) is 0 Å². The van der Waals surface area contributed by atoms with Gasteiger partial charge in [0.15, 0.2) is 0 Å². The third-order valence-corrected chi connectivity index (χ3v) is 4.15. The number of carboxylic acids is 1. The summed E-state index contributed by atoms with van der Waals surface area (Å²) in [7, 11) is -2.95. The smallest absolute Gasteiger partial charge is 0.321 e. The Morgan fingerprint density at radius 3 is 2.59 bits per heavy atom. The third kappa shape index (κ3) is 2.77. The van der Waals surface area contributed by atoms with Gasteiger partial charge in [-0.2, -0.15) is 4.31 Å². The van der Waals surface area contributed by atoms with Crippen LogP contribution in [0.2, 0.25) is 0 Å². The first-order valence-corrected chi connectivity index (χ1v) is 6.02. The maximum absolute atomic E-state index is 12.9. The van der Waals surface area contributed by atoms with Crippen LogP contribution < -0.4 is 0 Å². The Labute approximate surface area is 97.8 Å². The van der Waals surface area contributed by atoms with Gasteiger partial charge in [0, 0.05) is 13.2 Å². The topological polar surface area (TPSA) is 87.6 Å². The monoisotopic (exact) mass is 262 g/mol. The molecule has 0 bridgehead atoms. The zero-order valence-electron chi connectivity index (χ0n) is 9.16. The molecule has 0 aliphatic carbocycles. The Bertz CT molecular complexity index is 532. The molecule has 1 rings (SSSR count). The number of carbonyl (C=O) groups is 1. The fraction of sp³-hybridized carbons (Fsp3) is 0.333. The summed E-state index contributed by atoms with van der Waals surface area (Å²) < 4.78 is 37.3. The molecule has 1 aromatic rings. The lowest BCUT2D eigenvalue weighted by Crippen LogP contribution is -2.40. The van der Waals surface area contributed by atoms with Crippen LogP contribution in [-0.2, 0) is 14.8 Å². The summed E-state index contributed by atoms with van der Waals surface area (Å²) in [6.45, 7) is 1.21. The van der Waals surface area contributed by atoms with Crippen molar-refractivity contribution in [2.45, 2.75) is 17.9 Å². The second-order valence-corrected chi connectivity index (χ2v) is 5.37. The highest BCUT2D eigenvalue weighted by molar-refractivity contribution is 7.89. The Morgan fingerprint density at radius 1 is 1.53 bits per heavy atom. The largest absolute Gasteiger partial charge is 0.480 e. The maximum Gasteiger partial charge on any atom is 0.321 e. The highest BCUT2D eigenvalue weighted by Crippen LogP contribution is 2.16. The molecule has 0 amide bonds. The van der Waals surface area contributed by atoms with Crippen molar-refractivity contribution in [2.75, 3.05) is 7.05 Å². The Hall–Kier alpha value is -1.54. The van der Waals surface area contributed by atoms with Gasteiger partial charge in [0.25, 0.3) is 0 Å². The van der Waals surface area contributed by atoms with Gasteiger partial charge in [-0.25, -0.2) is 12.8 Å².